The van der Waals surface area contributed by atoms with Crippen molar-refractivity contribution in [2.45, 2.75) is 32.0 Å². The molecular formula is C25H29ClN4O4. The number of nitrogens with zero attached hydrogens (tertiary/aromatic N) is 3. The molecule has 0 unspecified atom stereocenters. The Bertz CT molecular complexity index is 1220. The molecular weight excluding hydrogens is 456 g/mol. The van der Waals surface area contributed by atoms with Gasteiger partial charge in [0.1, 0.15) is 18.3 Å². The van der Waals surface area contributed by atoms with E-state index in [1.54, 1.807) is 24.2 Å². The van der Waals surface area contributed by atoms with E-state index in [1.807, 2.05) is 30.3 Å². The Hall–Kier alpha value is -3.07. The third kappa shape index (κ3) is 5.35. The van der Waals surface area contributed by atoms with Gasteiger partial charge in [-0.25, -0.2) is 4.98 Å². The molecule has 3 aromatic rings. The van der Waals surface area contributed by atoms with Crippen LogP contribution in [0.4, 0.5) is 0 Å². The lowest BCUT2D eigenvalue weighted by atomic mass is 10.0. The van der Waals surface area contributed by atoms with E-state index in [0.29, 0.717) is 12.6 Å². The standard InChI is InChI=1S/C25H28N4O4.ClH/c1-31-20-3-4-21-22(15-20)29(25(30)17-27-21)11-10-28-8-6-19(7-9-28)26-16-18-2-5-23-24(14-18)33-13-12-32-23;/h2-5,12-15,17,19,26H,6-11,16H2,1H3;1H. The molecule has 9 heteroatoms. The number of methoxy groups -OCH3 is 1. The van der Waals surface area contributed by atoms with Gasteiger partial charge in [-0.2, -0.15) is 0 Å². The van der Waals surface area contributed by atoms with E-state index in [1.165, 1.54) is 11.8 Å². The van der Waals surface area contributed by atoms with Crippen molar-refractivity contribution in [1.29, 1.82) is 0 Å². The molecule has 0 spiro atoms. The van der Waals surface area contributed by atoms with Crippen LogP contribution in [0.5, 0.6) is 17.2 Å². The second kappa shape index (κ2) is 10.9. The number of ether oxygens (including phenoxy) is 3. The molecule has 1 N–H and O–H groups in total. The van der Waals surface area contributed by atoms with Gasteiger partial charge in [-0.15, -0.1) is 12.4 Å². The monoisotopic (exact) mass is 484 g/mol. The molecule has 2 aliphatic rings. The Labute approximate surface area is 204 Å². The molecule has 1 fully saturated rings. The van der Waals surface area contributed by atoms with Crippen LogP contribution in [0.15, 0.2) is 59.9 Å². The summed E-state index contributed by atoms with van der Waals surface area (Å²) in [5.74, 6) is 2.22. The smallest absolute Gasteiger partial charge is 0.269 e. The van der Waals surface area contributed by atoms with Gasteiger partial charge in [-0.05, 0) is 55.8 Å². The van der Waals surface area contributed by atoms with Crippen molar-refractivity contribution in [1.82, 2.24) is 19.8 Å². The summed E-state index contributed by atoms with van der Waals surface area (Å²) in [7, 11) is 1.63. The Morgan fingerprint density at radius 2 is 1.85 bits per heavy atom. The second-order valence-electron chi connectivity index (χ2n) is 8.39. The number of halogens is 1. The fraction of sp³-hybridized carbons (Fsp3) is 0.360. The first kappa shape index (κ1) is 24.1. The Kier molecular flexibility index (Phi) is 7.72. The Balaban J connectivity index is 0.00000274. The summed E-state index contributed by atoms with van der Waals surface area (Å²) in [6, 6.07) is 12.1. The third-order valence-electron chi connectivity index (χ3n) is 6.33. The predicted octanol–water partition coefficient (Wildman–Crippen LogP) is 3.32. The van der Waals surface area contributed by atoms with Gasteiger partial charge in [0.25, 0.3) is 5.56 Å². The van der Waals surface area contributed by atoms with E-state index in [9.17, 15) is 4.79 Å². The van der Waals surface area contributed by atoms with Gasteiger partial charge in [0.05, 0.1) is 24.3 Å². The normalized spacial score (nSPS) is 15.8. The average Bonchev–Trinajstić information content (AvgIpc) is 2.87. The average molecular weight is 485 g/mol. The van der Waals surface area contributed by atoms with Crippen molar-refractivity contribution >= 4 is 23.4 Å². The molecule has 0 bridgehead atoms. The van der Waals surface area contributed by atoms with Crippen LogP contribution in [-0.4, -0.2) is 47.2 Å². The summed E-state index contributed by atoms with van der Waals surface area (Å²) < 4.78 is 18.1. The van der Waals surface area contributed by atoms with Crippen LogP contribution in [0.25, 0.3) is 11.0 Å². The van der Waals surface area contributed by atoms with Crippen LogP contribution in [-0.2, 0) is 13.1 Å². The van der Waals surface area contributed by atoms with E-state index in [0.717, 1.165) is 67.3 Å². The molecule has 5 rings (SSSR count). The van der Waals surface area contributed by atoms with Crippen molar-refractivity contribution in [3.63, 3.8) is 0 Å². The molecule has 8 nitrogen and oxygen atoms in total. The number of rotatable bonds is 7. The lowest BCUT2D eigenvalue weighted by Gasteiger charge is -2.32. The van der Waals surface area contributed by atoms with Crippen LogP contribution >= 0.6 is 12.4 Å². The predicted molar refractivity (Wildman–Crippen MR) is 133 cm³/mol. The van der Waals surface area contributed by atoms with E-state index in [4.69, 9.17) is 14.2 Å². The number of benzene rings is 2. The summed E-state index contributed by atoms with van der Waals surface area (Å²) >= 11 is 0. The van der Waals surface area contributed by atoms with E-state index < -0.39 is 0 Å². The van der Waals surface area contributed by atoms with Gasteiger partial charge >= 0.3 is 0 Å². The van der Waals surface area contributed by atoms with Gasteiger partial charge in [-0.1, -0.05) is 6.07 Å². The first-order valence-electron chi connectivity index (χ1n) is 11.3. The Morgan fingerprint density at radius 3 is 2.65 bits per heavy atom. The SMILES string of the molecule is COc1ccc2ncc(=O)n(CCN3CCC(NCc4ccc5c(c4)OC=CO5)CC3)c2c1.Cl. The van der Waals surface area contributed by atoms with Crippen LogP contribution in [0, 0.1) is 0 Å². The number of fused-ring (bicyclic) bond motifs is 2. The minimum absolute atomic E-state index is 0. The third-order valence-corrected chi connectivity index (χ3v) is 6.33. The molecule has 2 aliphatic heterocycles. The molecule has 3 heterocycles. The highest BCUT2D eigenvalue weighted by Crippen LogP contribution is 2.31. The molecule has 2 aromatic carbocycles. The molecule has 0 saturated carbocycles. The number of hydrogen-bond donors (Lipinski definition) is 1. The molecule has 1 aromatic heterocycles. The van der Waals surface area contributed by atoms with E-state index in [2.05, 4.69) is 21.3 Å². The maximum atomic E-state index is 12.5. The van der Waals surface area contributed by atoms with Crippen LogP contribution in [0.2, 0.25) is 0 Å². The molecule has 0 atom stereocenters. The van der Waals surface area contributed by atoms with Crippen molar-refractivity contribution in [3.05, 3.63) is 71.0 Å². The lowest BCUT2D eigenvalue weighted by Crippen LogP contribution is -2.43. The molecule has 0 amide bonds. The first-order chi connectivity index (χ1) is 16.2. The molecule has 0 aliphatic carbocycles. The summed E-state index contributed by atoms with van der Waals surface area (Å²) in [6.45, 7) is 4.27. The highest BCUT2D eigenvalue weighted by atomic mass is 35.5. The van der Waals surface area contributed by atoms with Crippen LogP contribution in [0.1, 0.15) is 18.4 Å². The maximum absolute atomic E-state index is 12.5. The molecule has 1 saturated heterocycles. The summed E-state index contributed by atoms with van der Waals surface area (Å²) in [5, 5.41) is 3.67. The number of likely N-dealkylation sites (tertiary alicyclic amines) is 1. The minimum atomic E-state index is -0.0813. The maximum Gasteiger partial charge on any atom is 0.269 e. The zero-order valence-electron chi connectivity index (χ0n) is 19.1. The van der Waals surface area contributed by atoms with Crippen molar-refractivity contribution in [2.75, 3.05) is 26.7 Å². The molecule has 34 heavy (non-hydrogen) atoms. The number of nitrogens with one attached hydrogen (secondary N) is 1. The van der Waals surface area contributed by atoms with E-state index >= 15 is 0 Å². The molecule has 0 radical (unpaired) electrons. The van der Waals surface area contributed by atoms with Gasteiger partial charge in [0, 0.05) is 31.7 Å². The Morgan fingerprint density at radius 1 is 1.06 bits per heavy atom. The van der Waals surface area contributed by atoms with Gasteiger partial charge in [0.2, 0.25) is 0 Å². The summed E-state index contributed by atoms with van der Waals surface area (Å²) in [6.07, 6.45) is 6.65. The van der Waals surface area contributed by atoms with E-state index in [-0.39, 0.29) is 18.0 Å². The highest BCUT2D eigenvalue weighted by Gasteiger charge is 2.19. The largest absolute Gasteiger partial charge is 0.497 e. The summed E-state index contributed by atoms with van der Waals surface area (Å²) in [5.41, 5.74) is 2.71. The van der Waals surface area contributed by atoms with Crippen molar-refractivity contribution < 1.29 is 14.2 Å². The number of piperidine rings is 1. The fourth-order valence-corrected chi connectivity index (χ4v) is 4.42. The summed E-state index contributed by atoms with van der Waals surface area (Å²) in [4.78, 5) is 19.2. The lowest BCUT2D eigenvalue weighted by molar-refractivity contribution is 0.191. The fourth-order valence-electron chi connectivity index (χ4n) is 4.42. The minimum Gasteiger partial charge on any atom is -0.497 e. The number of hydrogen-bond acceptors (Lipinski definition) is 7. The quantitative estimate of drug-likeness (QED) is 0.551. The first-order valence-corrected chi connectivity index (χ1v) is 11.3. The number of aromatic nitrogens is 2. The van der Waals surface area contributed by atoms with Gasteiger partial charge in [0.15, 0.2) is 11.5 Å². The molecule has 180 valence electrons. The van der Waals surface area contributed by atoms with Gasteiger partial charge in [-0.3, -0.25) is 4.79 Å². The zero-order chi connectivity index (χ0) is 22.6. The zero-order valence-corrected chi connectivity index (χ0v) is 19.9. The van der Waals surface area contributed by atoms with Crippen LogP contribution in [0.3, 0.4) is 0 Å². The second-order valence-corrected chi connectivity index (χ2v) is 8.39. The van der Waals surface area contributed by atoms with Crippen LogP contribution < -0.4 is 25.1 Å². The topological polar surface area (TPSA) is 77.9 Å². The van der Waals surface area contributed by atoms with Gasteiger partial charge < -0.3 is 29.0 Å². The van der Waals surface area contributed by atoms with Crippen molar-refractivity contribution in [2.24, 2.45) is 0 Å². The highest BCUT2D eigenvalue weighted by molar-refractivity contribution is 5.85. The van der Waals surface area contributed by atoms with Crippen molar-refractivity contribution in [3.8, 4) is 17.2 Å².